The van der Waals surface area contributed by atoms with Crippen LogP contribution in [0.2, 0.25) is 0 Å². The lowest BCUT2D eigenvalue weighted by atomic mass is 9.97. The largest absolute Gasteiger partial charge is 0.324 e. The Kier molecular flexibility index (Phi) is 3.86. The maximum atomic E-state index is 14.2. The van der Waals surface area contributed by atoms with Gasteiger partial charge in [0.1, 0.15) is 11.6 Å². The Balaban J connectivity index is 2.06. The number of benzene rings is 2. The van der Waals surface area contributed by atoms with E-state index in [2.05, 4.69) is 4.98 Å². The van der Waals surface area contributed by atoms with E-state index < -0.39 is 17.7 Å². The van der Waals surface area contributed by atoms with Gasteiger partial charge in [0.2, 0.25) is 0 Å². The Morgan fingerprint density at radius 3 is 2.55 bits per heavy atom. The predicted octanol–water partition coefficient (Wildman–Crippen LogP) is 4.12. The molecule has 1 atom stereocenters. The first kappa shape index (κ1) is 14.6. The molecule has 0 fully saturated rings. The van der Waals surface area contributed by atoms with E-state index >= 15 is 0 Å². The summed E-state index contributed by atoms with van der Waals surface area (Å²) >= 11 is 0. The van der Waals surface area contributed by atoms with E-state index in [-0.39, 0.29) is 12.0 Å². The minimum Gasteiger partial charge on any atom is -0.324 e. The summed E-state index contributed by atoms with van der Waals surface area (Å²) in [6.07, 6.45) is 3.61. The molecule has 3 rings (SSSR count). The van der Waals surface area contributed by atoms with Crippen LogP contribution >= 0.6 is 0 Å². The summed E-state index contributed by atoms with van der Waals surface area (Å²) in [6.45, 7) is 1.70. The van der Waals surface area contributed by atoms with Gasteiger partial charge in [-0.05, 0) is 41.6 Å². The van der Waals surface area contributed by atoms with Crippen LogP contribution in [0.3, 0.4) is 0 Å². The molecule has 0 amide bonds. The summed E-state index contributed by atoms with van der Waals surface area (Å²) in [5.41, 5.74) is 7.08. The highest BCUT2D eigenvalue weighted by atomic mass is 19.1. The van der Waals surface area contributed by atoms with Crippen molar-refractivity contribution < 1.29 is 8.78 Å². The van der Waals surface area contributed by atoms with E-state index in [1.807, 2.05) is 24.3 Å². The zero-order valence-corrected chi connectivity index (χ0v) is 12.2. The second-order valence-electron chi connectivity index (χ2n) is 5.44. The molecule has 0 saturated carbocycles. The highest BCUT2D eigenvalue weighted by Crippen LogP contribution is 2.25. The average Bonchev–Trinajstić information content (AvgIpc) is 2.50. The molecule has 0 saturated heterocycles. The molecule has 1 heterocycles. The van der Waals surface area contributed by atoms with E-state index in [4.69, 9.17) is 5.73 Å². The number of aromatic nitrogens is 1. The van der Waals surface area contributed by atoms with Crippen LogP contribution in [0.4, 0.5) is 8.78 Å². The molecule has 0 aliphatic carbocycles. The number of halogens is 2. The van der Waals surface area contributed by atoms with Crippen LogP contribution in [-0.4, -0.2) is 4.98 Å². The first-order valence-electron chi connectivity index (χ1n) is 7.11. The third kappa shape index (κ3) is 2.70. The van der Waals surface area contributed by atoms with E-state index in [1.54, 1.807) is 19.3 Å². The maximum Gasteiger partial charge on any atom is 0.129 e. The fourth-order valence-corrected chi connectivity index (χ4v) is 2.59. The van der Waals surface area contributed by atoms with Crippen molar-refractivity contribution in [2.24, 2.45) is 5.73 Å². The second-order valence-corrected chi connectivity index (χ2v) is 5.44. The molecule has 1 unspecified atom stereocenters. The molecule has 2 N–H and O–H groups in total. The Morgan fingerprint density at radius 2 is 1.86 bits per heavy atom. The minimum atomic E-state index is -0.557. The molecular formula is C18H16F2N2. The number of rotatable bonds is 3. The average molecular weight is 298 g/mol. The SMILES string of the molecule is CC(N)c1cc(F)c(Cc2cccc3cnccc23)c(F)c1. The molecule has 4 heteroatoms. The lowest BCUT2D eigenvalue weighted by Crippen LogP contribution is -2.08. The zero-order chi connectivity index (χ0) is 15.7. The summed E-state index contributed by atoms with van der Waals surface area (Å²) in [7, 11) is 0. The van der Waals surface area contributed by atoms with Crippen LogP contribution < -0.4 is 5.73 Å². The predicted molar refractivity (Wildman–Crippen MR) is 83.5 cm³/mol. The summed E-state index contributed by atoms with van der Waals surface area (Å²) in [5.74, 6) is -1.11. The smallest absolute Gasteiger partial charge is 0.129 e. The van der Waals surface area contributed by atoms with Gasteiger partial charge in [-0.2, -0.15) is 0 Å². The molecule has 0 aliphatic heterocycles. The normalized spacial score (nSPS) is 12.5. The van der Waals surface area contributed by atoms with Crippen molar-refractivity contribution in [3.8, 4) is 0 Å². The van der Waals surface area contributed by atoms with Gasteiger partial charge in [-0.3, -0.25) is 4.98 Å². The van der Waals surface area contributed by atoms with E-state index in [0.717, 1.165) is 16.3 Å². The topological polar surface area (TPSA) is 38.9 Å². The van der Waals surface area contributed by atoms with Crippen molar-refractivity contribution in [2.75, 3.05) is 0 Å². The summed E-state index contributed by atoms with van der Waals surface area (Å²) in [4.78, 5) is 4.07. The van der Waals surface area contributed by atoms with Crippen LogP contribution in [0.25, 0.3) is 10.8 Å². The highest BCUT2D eigenvalue weighted by Gasteiger charge is 2.14. The number of nitrogens with zero attached hydrogens (tertiary/aromatic N) is 1. The van der Waals surface area contributed by atoms with E-state index in [9.17, 15) is 8.78 Å². The van der Waals surface area contributed by atoms with Crippen LogP contribution in [0.5, 0.6) is 0 Å². The number of hydrogen-bond donors (Lipinski definition) is 1. The molecule has 22 heavy (non-hydrogen) atoms. The lowest BCUT2D eigenvalue weighted by molar-refractivity contribution is 0.555. The van der Waals surface area contributed by atoms with Gasteiger partial charge in [0.25, 0.3) is 0 Å². The van der Waals surface area contributed by atoms with Gasteiger partial charge in [-0.25, -0.2) is 8.78 Å². The quantitative estimate of drug-likeness (QED) is 0.790. The standard InChI is InChI=1S/C18H16F2N2/c1-11(21)14-8-17(19)16(18(20)9-14)7-12-3-2-4-13-10-22-6-5-15(12)13/h2-6,8-11H,7,21H2,1H3. The lowest BCUT2D eigenvalue weighted by Gasteiger charge is -2.12. The van der Waals surface area contributed by atoms with Crippen LogP contribution in [0.1, 0.15) is 29.7 Å². The van der Waals surface area contributed by atoms with Crippen molar-refractivity contribution in [1.29, 1.82) is 0 Å². The fourth-order valence-electron chi connectivity index (χ4n) is 2.59. The summed E-state index contributed by atoms with van der Waals surface area (Å²) in [6, 6.07) is 9.76. The Labute approximate surface area is 127 Å². The van der Waals surface area contributed by atoms with Crippen molar-refractivity contribution >= 4 is 10.8 Å². The molecule has 2 aromatic carbocycles. The van der Waals surface area contributed by atoms with Crippen molar-refractivity contribution in [1.82, 2.24) is 4.98 Å². The van der Waals surface area contributed by atoms with E-state index in [1.165, 1.54) is 12.1 Å². The molecule has 0 spiro atoms. The number of nitrogens with two attached hydrogens (primary N) is 1. The van der Waals surface area contributed by atoms with Gasteiger partial charge < -0.3 is 5.73 Å². The Morgan fingerprint density at radius 1 is 1.14 bits per heavy atom. The van der Waals surface area contributed by atoms with Gasteiger partial charge in [0.15, 0.2) is 0 Å². The van der Waals surface area contributed by atoms with Gasteiger partial charge >= 0.3 is 0 Å². The summed E-state index contributed by atoms with van der Waals surface area (Å²) < 4.78 is 28.5. The zero-order valence-electron chi connectivity index (χ0n) is 12.2. The molecule has 2 nitrogen and oxygen atoms in total. The van der Waals surface area contributed by atoms with Gasteiger partial charge in [-0.15, -0.1) is 0 Å². The first-order chi connectivity index (χ1) is 10.6. The van der Waals surface area contributed by atoms with E-state index in [0.29, 0.717) is 5.56 Å². The number of hydrogen-bond acceptors (Lipinski definition) is 2. The molecule has 112 valence electrons. The fraction of sp³-hybridized carbons (Fsp3) is 0.167. The Hall–Kier alpha value is -2.33. The van der Waals surface area contributed by atoms with Crippen LogP contribution in [0.15, 0.2) is 48.8 Å². The molecule has 0 aliphatic rings. The van der Waals surface area contributed by atoms with Gasteiger partial charge in [-0.1, -0.05) is 18.2 Å². The Bertz CT molecular complexity index is 800. The monoisotopic (exact) mass is 298 g/mol. The maximum absolute atomic E-state index is 14.2. The summed E-state index contributed by atoms with van der Waals surface area (Å²) in [5, 5.41) is 1.90. The first-order valence-corrected chi connectivity index (χ1v) is 7.11. The second kappa shape index (κ2) is 5.81. The van der Waals surface area contributed by atoms with Gasteiger partial charge in [0, 0.05) is 35.8 Å². The molecular weight excluding hydrogens is 282 g/mol. The number of fused-ring (bicyclic) bond motifs is 1. The van der Waals surface area contributed by atoms with Crippen molar-refractivity contribution in [2.45, 2.75) is 19.4 Å². The number of pyridine rings is 1. The van der Waals surface area contributed by atoms with Crippen LogP contribution in [-0.2, 0) is 6.42 Å². The highest BCUT2D eigenvalue weighted by molar-refractivity contribution is 5.85. The molecule has 1 aromatic heterocycles. The molecule has 3 aromatic rings. The third-order valence-corrected chi connectivity index (χ3v) is 3.83. The van der Waals surface area contributed by atoms with Crippen molar-refractivity contribution in [3.63, 3.8) is 0 Å². The van der Waals surface area contributed by atoms with Crippen LogP contribution in [0, 0.1) is 11.6 Å². The molecule has 0 radical (unpaired) electrons. The molecule has 0 bridgehead atoms. The third-order valence-electron chi connectivity index (χ3n) is 3.83. The van der Waals surface area contributed by atoms with Crippen molar-refractivity contribution in [3.05, 3.63) is 77.1 Å². The van der Waals surface area contributed by atoms with Gasteiger partial charge in [0.05, 0.1) is 0 Å². The minimum absolute atomic E-state index is 0.0636.